The molecule has 1 aliphatic rings. The van der Waals surface area contributed by atoms with E-state index in [4.69, 9.17) is 11.6 Å². The Labute approximate surface area is 221 Å². The summed E-state index contributed by atoms with van der Waals surface area (Å²) in [5, 5.41) is 10.1. The molecule has 0 bridgehead atoms. The first-order valence-corrected chi connectivity index (χ1v) is 12.7. The molecule has 2 aromatic carbocycles. The Morgan fingerprint density at radius 3 is 2.68 bits per heavy atom. The summed E-state index contributed by atoms with van der Waals surface area (Å²) in [5.41, 5.74) is 2.16. The number of anilines is 3. The van der Waals surface area contributed by atoms with Crippen molar-refractivity contribution in [3.05, 3.63) is 65.7 Å². The maximum atomic E-state index is 13.6. The van der Waals surface area contributed by atoms with Crippen LogP contribution in [0.3, 0.4) is 0 Å². The average Bonchev–Trinajstić information content (AvgIpc) is 2.91. The number of nitrogens with zero attached hydrogens (tertiary/aromatic N) is 3. The zero-order valence-corrected chi connectivity index (χ0v) is 21.8. The summed E-state index contributed by atoms with van der Waals surface area (Å²) in [7, 11) is 0. The second-order valence-electron chi connectivity index (χ2n) is 8.79. The molecule has 3 N–H and O–H groups in total. The van der Waals surface area contributed by atoms with Crippen LogP contribution in [-0.4, -0.2) is 52.5 Å². The number of nitrogens with one attached hydrogen (secondary N) is 3. The number of piperidine rings is 1. The van der Waals surface area contributed by atoms with Crippen LogP contribution in [-0.2, 0) is 4.79 Å². The smallest absolute Gasteiger partial charge is 0.247 e. The summed E-state index contributed by atoms with van der Waals surface area (Å²) in [6, 6.07) is 7.98. The molecule has 1 saturated heterocycles. The van der Waals surface area contributed by atoms with Gasteiger partial charge in [0.1, 0.15) is 18.0 Å². The fourth-order valence-electron chi connectivity index (χ4n) is 4.68. The van der Waals surface area contributed by atoms with Gasteiger partial charge in [-0.05, 0) is 75.4 Å². The molecule has 0 saturated carbocycles. The number of aromatic nitrogens is 2. The van der Waals surface area contributed by atoms with Gasteiger partial charge in [-0.3, -0.25) is 9.69 Å². The normalized spacial score (nSPS) is 14.6. The summed E-state index contributed by atoms with van der Waals surface area (Å²) in [6.07, 6.45) is 4.49. The Kier molecular flexibility index (Phi) is 8.39. The molecule has 1 fully saturated rings. The lowest BCUT2D eigenvalue weighted by Gasteiger charge is -2.42. The van der Waals surface area contributed by atoms with Gasteiger partial charge in [0.25, 0.3) is 0 Å². The molecule has 0 unspecified atom stereocenters. The van der Waals surface area contributed by atoms with Crippen LogP contribution in [0.1, 0.15) is 32.3 Å². The molecule has 0 aliphatic carbocycles. The number of amides is 1. The van der Waals surface area contributed by atoms with Crippen molar-refractivity contribution < 1.29 is 9.18 Å². The molecular weight excluding hydrogens is 491 g/mol. The number of halogens is 2. The van der Waals surface area contributed by atoms with E-state index < -0.39 is 5.82 Å². The summed E-state index contributed by atoms with van der Waals surface area (Å²) in [6.45, 7) is 11.5. The molecule has 2 heterocycles. The Balaban J connectivity index is 1.80. The van der Waals surface area contributed by atoms with Crippen LogP contribution in [0.2, 0.25) is 5.02 Å². The van der Waals surface area contributed by atoms with E-state index >= 15 is 0 Å². The molecular formula is C28H30ClFN6O. The number of fused-ring (bicyclic) bond motifs is 1. The minimum absolute atomic E-state index is 0.0000908. The predicted octanol–water partition coefficient (Wildman–Crippen LogP) is 5.11. The molecule has 3 aromatic rings. The lowest BCUT2D eigenvalue weighted by molar-refractivity contribution is -0.111. The Morgan fingerprint density at radius 1 is 1.24 bits per heavy atom. The van der Waals surface area contributed by atoms with Crippen LogP contribution in [0.4, 0.5) is 21.6 Å². The van der Waals surface area contributed by atoms with E-state index in [2.05, 4.69) is 63.1 Å². The van der Waals surface area contributed by atoms with Crippen molar-refractivity contribution in [3.63, 3.8) is 0 Å². The molecule has 1 aromatic heterocycles. The third-order valence-electron chi connectivity index (χ3n) is 6.63. The Morgan fingerprint density at radius 2 is 2.00 bits per heavy atom. The minimum Gasteiger partial charge on any atom is -0.340 e. The van der Waals surface area contributed by atoms with Crippen LogP contribution in [0.25, 0.3) is 10.9 Å². The van der Waals surface area contributed by atoms with Crippen molar-refractivity contribution in [3.8, 4) is 11.8 Å². The zero-order valence-electron chi connectivity index (χ0n) is 21.0. The third-order valence-corrected chi connectivity index (χ3v) is 6.92. The minimum atomic E-state index is -0.506. The highest BCUT2D eigenvalue weighted by molar-refractivity contribution is 6.31. The number of rotatable bonds is 7. The highest BCUT2D eigenvalue weighted by atomic mass is 35.5. The van der Waals surface area contributed by atoms with Gasteiger partial charge in [-0.1, -0.05) is 43.9 Å². The number of benzene rings is 2. The largest absolute Gasteiger partial charge is 0.340 e. The van der Waals surface area contributed by atoms with Gasteiger partial charge in [0.15, 0.2) is 0 Å². The van der Waals surface area contributed by atoms with Gasteiger partial charge >= 0.3 is 0 Å². The summed E-state index contributed by atoms with van der Waals surface area (Å²) >= 11 is 5.94. The first kappa shape index (κ1) is 26.6. The molecule has 192 valence electrons. The van der Waals surface area contributed by atoms with E-state index in [9.17, 15) is 9.18 Å². The first-order valence-electron chi connectivity index (χ1n) is 12.3. The molecule has 7 nitrogen and oxygen atoms in total. The standard InChI is InChI=1S/C28H30ClFN6O/c1-4-26(37)35-24-17-21-25(32-18-33-27(21)34-20-7-8-23(30)22(29)16-20)15-19(24)9-10-28(36(5-2)6-3)11-13-31-14-12-28/h4,7-8,15-18,31H,1,5-6,11-14H2,2-3H3,(H,35,37)(H,32,33,34). The van der Waals surface area contributed by atoms with E-state index in [-0.39, 0.29) is 16.5 Å². The quantitative estimate of drug-likeness (QED) is 0.297. The molecule has 9 heteroatoms. The summed E-state index contributed by atoms with van der Waals surface area (Å²) in [4.78, 5) is 23.5. The van der Waals surface area contributed by atoms with Crippen molar-refractivity contribution in [1.29, 1.82) is 0 Å². The van der Waals surface area contributed by atoms with Crippen molar-refractivity contribution in [2.45, 2.75) is 32.2 Å². The maximum Gasteiger partial charge on any atom is 0.247 e. The van der Waals surface area contributed by atoms with E-state index in [0.29, 0.717) is 33.7 Å². The highest BCUT2D eigenvalue weighted by Crippen LogP contribution is 2.31. The van der Waals surface area contributed by atoms with Crippen LogP contribution < -0.4 is 16.0 Å². The fourth-order valence-corrected chi connectivity index (χ4v) is 4.86. The second-order valence-corrected chi connectivity index (χ2v) is 9.20. The molecule has 0 atom stereocenters. The van der Waals surface area contributed by atoms with E-state index in [1.165, 1.54) is 24.5 Å². The monoisotopic (exact) mass is 520 g/mol. The van der Waals surface area contributed by atoms with Gasteiger partial charge in [-0.15, -0.1) is 0 Å². The Hall–Kier alpha value is -3.51. The van der Waals surface area contributed by atoms with Crippen LogP contribution >= 0.6 is 11.6 Å². The lowest BCUT2D eigenvalue weighted by atomic mass is 9.86. The predicted molar refractivity (Wildman–Crippen MR) is 148 cm³/mol. The van der Waals surface area contributed by atoms with E-state index in [1.54, 1.807) is 12.1 Å². The maximum absolute atomic E-state index is 13.6. The lowest BCUT2D eigenvalue weighted by Crippen LogP contribution is -2.53. The van der Waals surface area contributed by atoms with Gasteiger partial charge < -0.3 is 16.0 Å². The first-order chi connectivity index (χ1) is 17.9. The zero-order chi connectivity index (χ0) is 26.4. The summed E-state index contributed by atoms with van der Waals surface area (Å²) < 4.78 is 13.6. The fraction of sp³-hybridized carbons (Fsp3) is 0.321. The average molecular weight is 521 g/mol. The Bertz CT molecular complexity index is 1370. The van der Waals surface area contributed by atoms with E-state index in [1.807, 2.05) is 6.07 Å². The van der Waals surface area contributed by atoms with Crippen LogP contribution in [0.5, 0.6) is 0 Å². The van der Waals surface area contributed by atoms with Crippen molar-refractivity contribution in [2.75, 3.05) is 36.8 Å². The number of carbonyl (C=O) groups excluding carboxylic acids is 1. The van der Waals surface area contributed by atoms with Crippen molar-refractivity contribution in [1.82, 2.24) is 20.2 Å². The van der Waals surface area contributed by atoms with Gasteiger partial charge in [-0.2, -0.15) is 0 Å². The molecule has 0 spiro atoms. The molecule has 37 heavy (non-hydrogen) atoms. The number of carbonyl (C=O) groups is 1. The molecule has 1 aliphatic heterocycles. The molecule has 4 rings (SSSR count). The van der Waals surface area contributed by atoms with E-state index in [0.717, 1.165) is 39.0 Å². The molecule has 1 amide bonds. The van der Waals surface area contributed by atoms with Crippen molar-refractivity contribution in [2.24, 2.45) is 0 Å². The van der Waals surface area contributed by atoms with Gasteiger partial charge in [0.2, 0.25) is 5.91 Å². The van der Waals surface area contributed by atoms with Crippen LogP contribution in [0, 0.1) is 17.7 Å². The van der Waals surface area contributed by atoms with Gasteiger partial charge in [0, 0.05) is 11.1 Å². The van der Waals surface area contributed by atoms with Gasteiger partial charge in [-0.25, -0.2) is 14.4 Å². The second kappa shape index (κ2) is 11.7. The number of hydrogen-bond donors (Lipinski definition) is 3. The highest BCUT2D eigenvalue weighted by Gasteiger charge is 2.34. The topological polar surface area (TPSA) is 82.2 Å². The van der Waals surface area contributed by atoms with Crippen LogP contribution in [0.15, 0.2) is 49.3 Å². The number of hydrogen-bond acceptors (Lipinski definition) is 6. The third kappa shape index (κ3) is 5.91. The van der Waals surface area contributed by atoms with Gasteiger partial charge in [0.05, 0.1) is 27.3 Å². The summed E-state index contributed by atoms with van der Waals surface area (Å²) in [5.74, 6) is 6.57. The van der Waals surface area contributed by atoms with Crippen molar-refractivity contribution >= 4 is 45.6 Å². The SMILES string of the molecule is C=CC(=O)Nc1cc2c(Nc3ccc(F)c(Cl)c3)ncnc2cc1C#CC1(N(CC)CC)CCNCC1. The molecule has 0 radical (unpaired) electrons.